The monoisotopic (exact) mass is 309 g/mol. The molecule has 0 unspecified atom stereocenters. The first kappa shape index (κ1) is 13.5. The number of nitrogens with one attached hydrogen (secondary N) is 2. The molecule has 0 bridgehead atoms. The normalized spacial score (nSPS) is 16.5. The molecular weight excluding hydrogens is 301 g/mol. The fourth-order valence-electron chi connectivity index (χ4n) is 2.01. The first-order valence-electron chi connectivity index (χ1n) is 6.00. The van der Waals surface area contributed by atoms with E-state index >= 15 is 0 Å². The van der Waals surface area contributed by atoms with E-state index < -0.39 is 17.8 Å². The van der Waals surface area contributed by atoms with Gasteiger partial charge in [-0.25, -0.2) is 9.07 Å². The van der Waals surface area contributed by atoms with E-state index in [4.69, 9.17) is 11.6 Å². The van der Waals surface area contributed by atoms with Gasteiger partial charge in [-0.15, -0.1) is 0 Å². The topological polar surface area (TPSA) is 88.9 Å². The Morgan fingerprint density at radius 1 is 1.52 bits per heavy atom. The van der Waals surface area contributed by atoms with Gasteiger partial charge < -0.3 is 5.32 Å². The number of hydrogen-bond acceptors (Lipinski definition) is 4. The van der Waals surface area contributed by atoms with Crippen LogP contribution in [0.1, 0.15) is 12.5 Å². The summed E-state index contributed by atoms with van der Waals surface area (Å²) < 4.78 is 14.4. The van der Waals surface area contributed by atoms with Crippen LogP contribution in [0.3, 0.4) is 0 Å². The van der Waals surface area contributed by atoms with Gasteiger partial charge in [0.05, 0.1) is 11.4 Å². The highest BCUT2D eigenvalue weighted by Gasteiger charge is 2.33. The summed E-state index contributed by atoms with van der Waals surface area (Å²) >= 11 is 5.63. The summed E-state index contributed by atoms with van der Waals surface area (Å²) in [5.41, 5.74) is 0.351. The Bertz CT molecular complexity index is 732. The Labute approximate surface area is 123 Å². The third-order valence-corrected chi connectivity index (χ3v) is 3.28. The van der Waals surface area contributed by atoms with Gasteiger partial charge in [0.1, 0.15) is 18.2 Å². The van der Waals surface area contributed by atoms with Crippen molar-refractivity contribution < 1.29 is 14.0 Å². The van der Waals surface area contributed by atoms with Crippen molar-refractivity contribution in [2.45, 2.75) is 12.5 Å². The van der Waals surface area contributed by atoms with Gasteiger partial charge in [-0.1, -0.05) is 11.6 Å². The molecule has 2 amide bonds. The molecule has 2 aromatic rings. The van der Waals surface area contributed by atoms with Crippen molar-refractivity contribution >= 4 is 35.1 Å². The van der Waals surface area contributed by atoms with Crippen LogP contribution >= 0.6 is 11.6 Å². The van der Waals surface area contributed by atoms with Crippen LogP contribution in [0, 0.1) is 5.82 Å². The van der Waals surface area contributed by atoms with Crippen LogP contribution in [0.5, 0.6) is 0 Å². The summed E-state index contributed by atoms with van der Waals surface area (Å²) in [5.74, 6) is -1.03. The largest absolute Gasteiger partial charge is 0.326 e. The maximum Gasteiger partial charge on any atom is 0.252 e. The van der Waals surface area contributed by atoms with Crippen LogP contribution in [0.15, 0.2) is 24.5 Å². The Kier molecular flexibility index (Phi) is 3.30. The summed E-state index contributed by atoms with van der Waals surface area (Å²) in [5, 5.41) is 8.86. The summed E-state index contributed by atoms with van der Waals surface area (Å²) in [6.45, 7) is 0. The zero-order chi connectivity index (χ0) is 15.0. The molecule has 1 aromatic heterocycles. The van der Waals surface area contributed by atoms with Gasteiger partial charge in [0.15, 0.2) is 0 Å². The van der Waals surface area contributed by atoms with E-state index in [9.17, 15) is 14.0 Å². The van der Waals surface area contributed by atoms with Crippen molar-refractivity contribution in [1.82, 2.24) is 14.8 Å². The second-order valence-corrected chi connectivity index (χ2v) is 4.82. The van der Waals surface area contributed by atoms with E-state index in [1.807, 2.05) is 0 Å². The number of aromatic nitrogens is 3. The lowest BCUT2D eigenvalue weighted by atomic mass is 10.2. The van der Waals surface area contributed by atoms with Crippen LogP contribution in [0.25, 0.3) is 0 Å². The van der Waals surface area contributed by atoms with E-state index in [-0.39, 0.29) is 17.4 Å². The lowest BCUT2D eigenvalue weighted by Gasteiger charge is -2.10. The first-order chi connectivity index (χ1) is 10.0. The Balaban J connectivity index is 1.70. The Morgan fingerprint density at radius 2 is 2.33 bits per heavy atom. The number of rotatable bonds is 3. The van der Waals surface area contributed by atoms with E-state index in [1.54, 1.807) is 0 Å². The van der Waals surface area contributed by atoms with E-state index in [0.717, 1.165) is 6.07 Å². The smallest absolute Gasteiger partial charge is 0.252 e. The highest BCUT2D eigenvalue weighted by Crippen LogP contribution is 2.25. The van der Waals surface area contributed by atoms with Crippen LogP contribution < -0.4 is 10.6 Å². The molecule has 0 aliphatic carbocycles. The molecule has 1 aliphatic rings. The van der Waals surface area contributed by atoms with Crippen molar-refractivity contribution in [3.63, 3.8) is 0 Å². The summed E-state index contributed by atoms with van der Waals surface area (Å²) in [4.78, 5) is 27.5. The van der Waals surface area contributed by atoms with Crippen LogP contribution in [-0.4, -0.2) is 26.6 Å². The number of carbonyl (C=O) groups is 2. The van der Waals surface area contributed by atoms with Gasteiger partial charge in [0, 0.05) is 5.69 Å². The van der Waals surface area contributed by atoms with Crippen molar-refractivity contribution in [1.29, 1.82) is 0 Å². The molecule has 2 N–H and O–H groups in total. The van der Waals surface area contributed by atoms with Crippen molar-refractivity contribution in [3.05, 3.63) is 35.4 Å². The highest BCUT2D eigenvalue weighted by molar-refractivity contribution is 6.31. The van der Waals surface area contributed by atoms with E-state index in [2.05, 4.69) is 20.7 Å². The molecule has 1 aliphatic heterocycles. The fourth-order valence-corrected chi connectivity index (χ4v) is 2.19. The summed E-state index contributed by atoms with van der Waals surface area (Å²) in [7, 11) is 0. The Morgan fingerprint density at radius 3 is 3.10 bits per heavy atom. The van der Waals surface area contributed by atoms with Crippen LogP contribution in [0.2, 0.25) is 5.02 Å². The highest BCUT2D eigenvalue weighted by atomic mass is 35.5. The number of hydrogen-bond donors (Lipinski definition) is 2. The molecule has 7 nitrogen and oxygen atoms in total. The number of anilines is 2. The molecule has 1 aromatic carbocycles. The predicted molar refractivity (Wildman–Crippen MR) is 72.3 cm³/mol. The minimum absolute atomic E-state index is 0.0926. The zero-order valence-corrected chi connectivity index (χ0v) is 11.3. The molecule has 108 valence electrons. The molecule has 0 saturated carbocycles. The molecule has 0 fully saturated rings. The minimum Gasteiger partial charge on any atom is -0.326 e. The van der Waals surface area contributed by atoms with Gasteiger partial charge >= 0.3 is 0 Å². The van der Waals surface area contributed by atoms with Gasteiger partial charge in [0.2, 0.25) is 11.9 Å². The van der Waals surface area contributed by atoms with Crippen LogP contribution in [0.4, 0.5) is 16.0 Å². The van der Waals surface area contributed by atoms with Gasteiger partial charge in [-0.05, 0) is 18.2 Å². The lowest BCUT2D eigenvalue weighted by Crippen LogP contribution is -2.23. The third-order valence-electron chi connectivity index (χ3n) is 2.99. The molecule has 21 heavy (non-hydrogen) atoms. The van der Waals surface area contributed by atoms with E-state index in [1.165, 1.54) is 23.1 Å². The molecule has 0 saturated heterocycles. The molecule has 1 atom stereocenters. The van der Waals surface area contributed by atoms with Gasteiger partial charge in [-0.2, -0.15) is 10.1 Å². The average molecular weight is 310 g/mol. The predicted octanol–water partition coefficient (Wildman–Crippen LogP) is 1.59. The van der Waals surface area contributed by atoms with Crippen molar-refractivity contribution in [2.24, 2.45) is 0 Å². The van der Waals surface area contributed by atoms with Crippen LogP contribution in [-0.2, 0) is 9.59 Å². The SMILES string of the molecule is O=C(C[C@H]1C(=O)Nc2ncnn21)Nc1ccc(F)c(Cl)c1. The van der Waals surface area contributed by atoms with Gasteiger partial charge in [0.25, 0.3) is 5.91 Å². The first-order valence-corrected chi connectivity index (χ1v) is 6.37. The average Bonchev–Trinajstić information content (AvgIpc) is 2.97. The number of halogens is 2. The lowest BCUT2D eigenvalue weighted by molar-refractivity contribution is -0.123. The summed E-state index contributed by atoms with van der Waals surface area (Å²) in [6.07, 6.45) is 1.18. The molecule has 0 spiro atoms. The minimum atomic E-state index is -0.751. The maximum absolute atomic E-state index is 13.0. The molecule has 0 radical (unpaired) electrons. The quantitative estimate of drug-likeness (QED) is 0.901. The molecular formula is C12H9ClFN5O2. The molecule has 3 rings (SSSR count). The third kappa shape index (κ3) is 2.57. The second-order valence-electron chi connectivity index (χ2n) is 4.41. The number of amides is 2. The Hall–Kier alpha value is -2.48. The molecule has 9 heteroatoms. The second kappa shape index (κ2) is 5.13. The number of benzene rings is 1. The van der Waals surface area contributed by atoms with Crippen molar-refractivity contribution in [3.8, 4) is 0 Å². The standard InChI is InChI=1S/C12H9ClFN5O2/c13-7-3-6(1-2-8(7)14)17-10(20)4-9-11(21)18-12-15-5-16-19(9)12/h1-3,5,9H,4H2,(H,17,20)(H,15,16,18,21)/t9-/m0/s1. The van der Waals surface area contributed by atoms with Crippen molar-refractivity contribution in [2.75, 3.05) is 10.6 Å². The number of carbonyl (C=O) groups excluding carboxylic acids is 2. The molecule has 2 heterocycles. The van der Waals surface area contributed by atoms with E-state index in [0.29, 0.717) is 11.6 Å². The summed E-state index contributed by atoms with van der Waals surface area (Å²) in [6, 6.07) is 3.08. The number of fused-ring (bicyclic) bond motifs is 1. The fraction of sp³-hybridized carbons (Fsp3) is 0.167. The van der Waals surface area contributed by atoms with Gasteiger partial charge in [-0.3, -0.25) is 14.9 Å². The zero-order valence-electron chi connectivity index (χ0n) is 10.5. The maximum atomic E-state index is 13.0. The number of nitrogens with zero attached hydrogens (tertiary/aromatic N) is 3.